The maximum Gasteiger partial charge on any atom is 0.179 e. The lowest BCUT2D eigenvalue weighted by Crippen LogP contribution is -2.23. The molecule has 19 heavy (non-hydrogen) atoms. The fourth-order valence-electron chi connectivity index (χ4n) is 2.43. The zero-order chi connectivity index (χ0) is 13.9. The SMILES string of the molecule is CCC1OCCC1CNc1ncccc1S(C)(=O)=O. The van der Waals surface area contributed by atoms with E-state index in [0.717, 1.165) is 19.4 Å². The molecular formula is C13H20N2O3S. The molecule has 2 heterocycles. The molecule has 0 saturated carbocycles. The van der Waals surface area contributed by atoms with E-state index in [1.54, 1.807) is 18.3 Å². The summed E-state index contributed by atoms with van der Waals surface area (Å²) >= 11 is 0. The molecule has 1 aliphatic rings. The lowest BCUT2D eigenvalue weighted by atomic mass is 10.00. The average molecular weight is 284 g/mol. The Kier molecular flexibility index (Phi) is 4.42. The Morgan fingerprint density at radius 1 is 1.53 bits per heavy atom. The smallest absolute Gasteiger partial charge is 0.179 e. The van der Waals surface area contributed by atoms with E-state index < -0.39 is 9.84 Å². The third-order valence-corrected chi connectivity index (χ3v) is 4.58. The van der Waals surface area contributed by atoms with Crippen molar-refractivity contribution in [3.05, 3.63) is 18.3 Å². The van der Waals surface area contributed by atoms with Crippen molar-refractivity contribution in [3.8, 4) is 0 Å². The van der Waals surface area contributed by atoms with Gasteiger partial charge in [-0.2, -0.15) is 0 Å². The van der Waals surface area contributed by atoms with Crippen LogP contribution >= 0.6 is 0 Å². The zero-order valence-corrected chi connectivity index (χ0v) is 12.1. The number of sulfone groups is 1. The van der Waals surface area contributed by atoms with Crippen LogP contribution in [0.15, 0.2) is 23.2 Å². The Morgan fingerprint density at radius 3 is 3.00 bits per heavy atom. The van der Waals surface area contributed by atoms with Gasteiger partial charge in [-0.05, 0) is 25.0 Å². The molecule has 1 aromatic rings. The molecule has 0 aliphatic carbocycles. The van der Waals surface area contributed by atoms with Gasteiger partial charge in [-0.1, -0.05) is 6.92 Å². The minimum Gasteiger partial charge on any atom is -0.378 e. The van der Waals surface area contributed by atoms with Crippen molar-refractivity contribution in [2.75, 3.05) is 24.7 Å². The second-order valence-corrected chi connectivity index (χ2v) is 6.85. The summed E-state index contributed by atoms with van der Waals surface area (Å²) in [5.74, 6) is 0.853. The monoisotopic (exact) mass is 284 g/mol. The van der Waals surface area contributed by atoms with Gasteiger partial charge < -0.3 is 10.1 Å². The minimum atomic E-state index is -3.25. The van der Waals surface area contributed by atoms with Crippen molar-refractivity contribution >= 4 is 15.7 Å². The van der Waals surface area contributed by atoms with E-state index in [2.05, 4.69) is 17.2 Å². The summed E-state index contributed by atoms with van der Waals surface area (Å²) in [5, 5.41) is 3.16. The minimum absolute atomic E-state index is 0.252. The van der Waals surface area contributed by atoms with Gasteiger partial charge in [0, 0.05) is 31.5 Å². The topological polar surface area (TPSA) is 68.3 Å². The molecule has 1 saturated heterocycles. The fraction of sp³-hybridized carbons (Fsp3) is 0.615. The Bertz CT molecular complexity index is 530. The lowest BCUT2D eigenvalue weighted by Gasteiger charge is -2.18. The van der Waals surface area contributed by atoms with Crippen LogP contribution in [0.3, 0.4) is 0 Å². The third-order valence-electron chi connectivity index (χ3n) is 3.45. The normalized spacial score (nSPS) is 23.5. The predicted octanol–water partition coefficient (Wildman–Crippen LogP) is 1.71. The molecule has 1 aromatic heterocycles. The Hall–Kier alpha value is -1.14. The van der Waals surface area contributed by atoms with Crippen molar-refractivity contribution in [1.82, 2.24) is 4.98 Å². The highest BCUT2D eigenvalue weighted by Crippen LogP contribution is 2.25. The summed E-state index contributed by atoms with van der Waals surface area (Å²) in [6.07, 6.45) is 5.04. The standard InChI is InChI=1S/C13H20N2O3S/c1-3-11-10(6-8-18-11)9-15-13-12(19(2,16)17)5-4-7-14-13/h4-5,7,10-11H,3,6,8-9H2,1-2H3,(H,14,15). The predicted molar refractivity (Wildman–Crippen MR) is 74.0 cm³/mol. The van der Waals surface area contributed by atoms with Gasteiger partial charge in [0.1, 0.15) is 10.7 Å². The molecule has 0 radical (unpaired) electrons. The number of hydrogen-bond acceptors (Lipinski definition) is 5. The summed E-state index contributed by atoms with van der Waals surface area (Å²) < 4.78 is 29.0. The molecule has 106 valence electrons. The Balaban J connectivity index is 2.08. The van der Waals surface area contributed by atoms with Crippen LogP contribution in [-0.2, 0) is 14.6 Å². The first-order chi connectivity index (χ1) is 9.02. The number of rotatable bonds is 5. The molecule has 2 rings (SSSR count). The van der Waals surface area contributed by atoms with E-state index in [1.807, 2.05) is 0 Å². The number of pyridine rings is 1. The molecule has 2 unspecified atom stereocenters. The van der Waals surface area contributed by atoms with E-state index in [0.29, 0.717) is 18.3 Å². The molecule has 1 fully saturated rings. The number of hydrogen-bond donors (Lipinski definition) is 1. The number of nitrogens with zero attached hydrogens (tertiary/aromatic N) is 1. The van der Waals surface area contributed by atoms with Crippen LogP contribution in [0.5, 0.6) is 0 Å². The molecule has 2 atom stereocenters. The average Bonchev–Trinajstić information content (AvgIpc) is 2.83. The van der Waals surface area contributed by atoms with Crippen LogP contribution in [0.25, 0.3) is 0 Å². The molecule has 0 aromatic carbocycles. The van der Waals surface area contributed by atoms with Crippen LogP contribution in [0.2, 0.25) is 0 Å². The van der Waals surface area contributed by atoms with Crippen LogP contribution < -0.4 is 5.32 Å². The van der Waals surface area contributed by atoms with E-state index in [-0.39, 0.29) is 11.0 Å². The number of aromatic nitrogens is 1. The van der Waals surface area contributed by atoms with Crippen molar-refractivity contribution in [2.24, 2.45) is 5.92 Å². The van der Waals surface area contributed by atoms with Crippen LogP contribution in [0, 0.1) is 5.92 Å². The van der Waals surface area contributed by atoms with Gasteiger partial charge in [-0.3, -0.25) is 0 Å². The van der Waals surface area contributed by atoms with Gasteiger partial charge in [-0.15, -0.1) is 0 Å². The first-order valence-electron chi connectivity index (χ1n) is 6.53. The number of anilines is 1. The molecule has 0 bridgehead atoms. The summed E-state index contributed by atoms with van der Waals surface area (Å²) in [7, 11) is -3.25. The van der Waals surface area contributed by atoms with Gasteiger partial charge in [0.25, 0.3) is 0 Å². The maximum atomic E-state index is 11.7. The highest BCUT2D eigenvalue weighted by atomic mass is 32.2. The summed E-state index contributed by atoms with van der Waals surface area (Å²) in [6, 6.07) is 3.21. The first-order valence-corrected chi connectivity index (χ1v) is 8.42. The highest BCUT2D eigenvalue weighted by Gasteiger charge is 2.27. The van der Waals surface area contributed by atoms with Crippen molar-refractivity contribution in [1.29, 1.82) is 0 Å². The van der Waals surface area contributed by atoms with Gasteiger partial charge in [0.15, 0.2) is 9.84 Å². The molecular weight excluding hydrogens is 264 g/mol. The van der Waals surface area contributed by atoms with Crippen LogP contribution in [0.1, 0.15) is 19.8 Å². The molecule has 1 aliphatic heterocycles. The van der Waals surface area contributed by atoms with Gasteiger partial charge in [0.05, 0.1) is 6.10 Å². The van der Waals surface area contributed by atoms with Crippen LogP contribution in [0.4, 0.5) is 5.82 Å². The van der Waals surface area contributed by atoms with Crippen molar-refractivity contribution in [3.63, 3.8) is 0 Å². The van der Waals surface area contributed by atoms with Gasteiger partial charge in [-0.25, -0.2) is 13.4 Å². The van der Waals surface area contributed by atoms with Crippen molar-refractivity contribution in [2.45, 2.75) is 30.8 Å². The summed E-state index contributed by atoms with van der Waals surface area (Å²) in [5.41, 5.74) is 0. The Morgan fingerprint density at radius 2 is 2.32 bits per heavy atom. The van der Waals surface area contributed by atoms with E-state index in [4.69, 9.17) is 4.74 Å². The summed E-state index contributed by atoms with van der Waals surface area (Å²) in [6.45, 7) is 3.58. The molecule has 6 heteroatoms. The second kappa shape index (κ2) is 5.88. The van der Waals surface area contributed by atoms with E-state index in [1.165, 1.54) is 6.26 Å². The number of nitrogens with one attached hydrogen (secondary N) is 1. The van der Waals surface area contributed by atoms with Gasteiger partial charge >= 0.3 is 0 Å². The Labute approximate surface area is 114 Å². The van der Waals surface area contributed by atoms with Gasteiger partial charge in [0.2, 0.25) is 0 Å². The molecule has 0 amide bonds. The quantitative estimate of drug-likeness (QED) is 0.891. The van der Waals surface area contributed by atoms with Crippen LogP contribution in [-0.4, -0.2) is 38.9 Å². The number of ether oxygens (including phenoxy) is 1. The lowest BCUT2D eigenvalue weighted by molar-refractivity contribution is 0.0900. The second-order valence-electron chi connectivity index (χ2n) is 4.87. The summed E-state index contributed by atoms with van der Waals surface area (Å²) in [4.78, 5) is 4.38. The van der Waals surface area contributed by atoms with E-state index in [9.17, 15) is 8.42 Å². The largest absolute Gasteiger partial charge is 0.378 e. The highest BCUT2D eigenvalue weighted by molar-refractivity contribution is 7.90. The molecule has 1 N–H and O–H groups in total. The maximum absolute atomic E-state index is 11.7. The molecule has 5 nitrogen and oxygen atoms in total. The fourth-order valence-corrected chi connectivity index (χ4v) is 3.23. The van der Waals surface area contributed by atoms with E-state index >= 15 is 0 Å². The van der Waals surface area contributed by atoms with Crippen molar-refractivity contribution < 1.29 is 13.2 Å². The first kappa shape index (κ1) is 14.3. The third kappa shape index (κ3) is 3.45. The molecule has 0 spiro atoms. The zero-order valence-electron chi connectivity index (χ0n) is 11.3.